The SMILES string of the molecule is Cc1cnc(/C=C/c2cccc3ccccc23)cc1N1CCCC(C)C1.Cl. The van der Waals surface area contributed by atoms with E-state index >= 15 is 0 Å². The molecule has 1 aliphatic heterocycles. The molecule has 2 aromatic carbocycles. The summed E-state index contributed by atoms with van der Waals surface area (Å²) in [5, 5.41) is 2.55. The van der Waals surface area contributed by atoms with Crippen LogP contribution in [0.25, 0.3) is 22.9 Å². The largest absolute Gasteiger partial charge is 0.371 e. The van der Waals surface area contributed by atoms with Crippen molar-refractivity contribution in [3.63, 3.8) is 0 Å². The van der Waals surface area contributed by atoms with E-state index in [0.717, 1.165) is 24.7 Å². The minimum atomic E-state index is 0. The first-order valence-corrected chi connectivity index (χ1v) is 9.58. The molecule has 0 bridgehead atoms. The molecule has 27 heavy (non-hydrogen) atoms. The van der Waals surface area contributed by atoms with Gasteiger partial charge in [0.15, 0.2) is 0 Å². The second-order valence-electron chi connectivity index (χ2n) is 7.49. The number of hydrogen-bond donors (Lipinski definition) is 0. The van der Waals surface area contributed by atoms with E-state index in [1.54, 1.807) is 0 Å². The van der Waals surface area contributed by atoms with Gasteiger partial charge in [0.1, 0.15) is 0 Å². The number of aryl methyl sites for hydroxylation is 1. The Morgan fingerprint density at radius 1 is 1.07 bits per heavy atom. The number of hydrogen-bond acceptors (Lipinski definition) is 2. The van der Waals surface area contributed by atoms with E-state index in [-0.39, 0.29) is 12.4 Å². The van der Waals surface area contributed by atoms with E-state index in [0.29, 0.717) is 0 Å². The van der Waals surface area contributed by atoms with Gasteiger partial charge in [-0.25, -0.2) is 0 Å². The lowest BCUT2D eigenvalue weighted by Crippen LogP contribution is -2.34. The predicted octanol–water partition coefficient (Wildman–Crippen LogP) is 6.37. The van der Waals surface area contributed by atoms with Gasteiger partial charge in [-0.05, 0) is 59.7 Å². The lowest BCUT2D eigenvalue weighted by Gasteiger charge is -2.33. The summed E-state index contributed by atoms with van der Waals surface area (Å²) < 4.78 is 0. The average Bonchev–Trinajstić information content (AvgIpc) is 2.67. The van der Waals surface area contributed by atoms with Crippen LogP contribution in [0.1, 0.15) is 36.6 Å². The molecular weight excluding hydrogens is 352 g/mol. The maximum absolute atomic E-state index is 4.63. The fraction of sp³-hybridized carbons (Fsp3) is 0.292. The molecule has 1 saturated heterocycles. The number of halogens is 1. The Kier molecular flexibility index (Phi) is 6.18. The number of fused-ring (bicyclic) bond motifs is 1. The van der Waals surface area contributed by atoms with Gasteiger partial charge >= 0.3 is 0 Å². The molecule has 0 aliphatic carbocycles. The van der Waals surface area contributed by atoms with E-state index in [9.17, 15) is 0 Å². The Hall–Kier alpha value is -2.32. The van der Waals surface area contributed by atoms with Crippen LogP contribution in [0.4, 0.5) is 5.69 Å². The van der Waals surface area contributed by atoms with Crippen LogP contribution in [0.15, 0.2) is 54.7 Å². The second kappa shape index (κ2) is 8.58. The lowest BCUT2D eigenvalue weighted by atomic mass is 9.99. The molecule has 1 unspecified atom stereocenters. The predicted molar refractivity (Wildman–Crippen MR) is 120 cm³/mol. The van der Waals surface area contributed by atoms with Crippen LogP contribution >= 0.6 is 12.4 Å². The van der Waals surface area contributed by atoms with Crippen molar-refractivity contribution in [2.45, 2.75) is 26.7 Å². The Morgan fingerprint density at radius 2 is 1.89 bits per heavy atom. The smallest absolute Gasteiger partial charge is 0.0650 e. The summed E-state index contributed by atoms with van der Waals surface area (Å²) in [6.07, 6.45) is 8.96. The summed E-state index contributed by atoms with van der Waals surface area (Å²) in [5.41, 5.74) is 4.86. The minimum absolute atomic E-state index is 0. The fourth-order valence-corrected chi connectivity index (χ4v) is 3.94. The molecule has 1 aliphatic rings. The number of anilines is 1. The van der Waals surface area contributed by atoms with Crippen LogP contribution in [0.5, 0.6) is 0 Å². The molecule has 3 heteroatoms. The molecule has 1 fully saturated rings. The van der Waals surface area contributed by atoms with Crippen molar-refractivity contribution in [1.29, 1.82) is 0 Å². The van der Waals surface area contributed by atoms with Gasteiger partial charge < -0.3 is 4.90 Å². The van der Waals surface area contributed by atoms with Crippen LogP contribution in [0.3, 0.4) is 0 Å². The van der Waals surface area contributed by atoms with Gasteiger partial charge in [-0.15, -0.1) is 12.4 Å². The van der Waals surface area contributed by atoms with Gasteiger partial charge in [0.2, 0.25) is 0 Å². The summed E-state index contributed by atoms with van der Waals surface area (Å²) in [7, 11) is 0. The second-order valence-corrected chi connectivity index (χ2v) is 7.49. The topological polar surface area (TPSA) is 16.1 Å². The maximum Gasteiger partial charge on any atom is 0.0650 e. The van der Waals surface area contributed by atoms with Crippen molar-refractivity contribution in [2.75, 3.05) is 18.0 Å². The van der Waals surface area contributed by atoms with E-state index < -0.39 is 0 Å². The van der Waals surface area contributed by atoms with E-state index in [1.165, 1.54) is 40.4 Å². The first-order chi connectivity index (χ1) is 12.7. The van der Waals surface area contributed by atoms with Gasteiger partial charge in [0.05, 0.1) is 5.69 Å². The zero-order chi connectivity index (χ0) is 17.9. The molecule has 2 nitrogen and oxygen atoms in total. The number of piperidine rings is 1. The number of rotatable bonds is 3. The fourth-order valence-electron chi connectivity index (χ4n) is 3.94. The van der Waals surface area contributed by atoms with Gasteiger partial charge in [-0.2, -0.15) is 0 Å². The van der Waals surface area contributed by atoms with Crippen molar-refractivity contribution in [1.82, 2.24) is 4.98 Å². The molecule has 0 spiro atoms. The third-order valence-corrected chi connectivity index (χ3v) is 5.35. The van der Waals surface area contributed by atoms with Crippen molar-refractivity contribution in [2.24, 2.45) is 5.92 Å². The van der Waals surface area contributed by atoms with Crippen LogP contribution in [-0.2, 0) is 0 Å². The molecule has 1 atom stereocenters. The van der Waals surface area contributed by atoms with E-state index in [4.69, 9.17) is 0 Å². The maximum atomic E-state index is 4.63. The molecule has 4 rings (SSSR count). The number of nitrogens with zero attached hydrogens (tertiary/aromatic N) is 2. The summed E-state index contributed by atoms with van der Waals surface area (Å²) >= 11 is 0. The van der Waals surface area contributed by atoms with E-state index in [1.807, 2.05) is 6.20 Å². The Balaban J connectivity index is 0.00000210. The third kappa shape index (κ3) is 4.33. The van der Waals surface area contributed by atoms with Crippen molar-refractivity contribution >= 4 is 41.0 Å². The zero-order valence-corrected chi connectivity index (χ0v) is 16.9. The zero-order valence-electron chi connectivity index (χ0n) is 16.1. The Bertz CT molecular complexity index is 943. The highest BCUT2D eigenvalue weighted by atomic mass is 35.5. The minimum Gasteiger partial charge on any atom is -0.371 e. The number of aromatic nitrogens is 1. The first kappa shape index (κ1) is 19.4. The Morgan fingerprint density at radius 3 is 2.74 bits per heavy atom. The summed E-state index contributed by atoms with van der Waals surface area (Å²) in [4.78, 5) is 7.16. The van der Waals surface area contributed by atoms with Crippen molar-refractivity contribution in [3.8, 4) is 0 Å². The Labute approximate surface area is 168 Å². The van der Waals surface area contributed by atoms with Crippen LogP contribution in [0, 0.1) is 12.8 Å². The monoisotopic (exact) mass is 378 g/mol. The summed E-state index contributed by atoms with van der Waals surface area (Å²) in [5.74, 6) is 0.769. The summed E-state index contributed by atoms with van der Waals surface area (Å²) in [6.45, 7) is 6.82. The first-order valence-electron chi connectivity index (χ1n) is 9.58. The normalized spacial score (nSPS) is 17.3. The van der Waals surface area contributed by atoms with Crippen molar-refractivity contribution < 1.29 is 0 Å². The van der Waals surface area contributed by atoms with Gasteiger partial charge in [0.25, 0.3) is 0 Å². The molecule has 0 saturated carbocycles. The molecule has 140 valence electrons. The highest BCUT2D eigenvalue weighted by Crippen LogP contribution is 2.27. The molecule has 0 radical (unpaired) electrons. The van der Waals surface area contributed by atoms with Gasteiger partial charge in [-0.3, -0.25) is 4.98 Å². The molecular formula is C24H27ClN2. The van der Waals surface area contributed by atoms with E-state index in [2.05, 4.69) is 84.4 Å². The average molecular weight is 379 g/mol. The molecule has 0 N–H and O–H groups in total. The van der Waals surface area contributed by atoms with Crippen molar-refractivity contribution in [3.05, 3.63) is 71.5 Å². The molecule has 0 amide bonds. The summed E-state index contributed by atoms with van der Waals surface area (Å²) in [6, 6.07) is 17.2. The number of pyridine rings is 1. The van der Waals surface area contributed by atoms with Crippen LogP contribution < -0.4 is 4.90 Å². The highest BCUT2D eigenvalue weighted by Gasteiger charge is 2.18. The standard InChI is InChI=1S/C24H26N2.ClH/c1-18-7-6-14-26(17-18)24-15-22(25-16-19(24)2)13-12-21-10-5-9-20-8-3-4-11-23(20)21;/h3-5,8-13,15-16,18H,6-7,14,17H2,1-2H3;1H/b13-12+;. The van der Waals surface area contributed by atoms with Gasteiger partial charge in [0, 0.05) is 25.0 Å². The van der Waals surface area contributed by atoms with Crippen LogP contribution in [0.2, 0.25) is 0 Å². The van der Waals surface area contributed by atoms with Crippen LogP contribution in [-0.4, -0.2) is 18.1 Å². The quantitative estimate of drug-likeness (QED) is 0.526. The van der Waals surface area contributed by atoms with Gasteiger partial charge in [-0.1, -0.05) is 55.5 Å². The molecule has 1 aromatic heterocycles. The lowest BCUT2D eigenvalue weighted by molar-refractivity contribution is 0.446. The molecule has 3 aromatic rings. The third-order valence-electron chi connectivity index (χ3n) is 5.35. The highest BCUT2D eigenvalue weighted by molar-refractivity contribution is 5.92. The number of benzene rings is 2. The molecule has 2 heterocycles.